The maximum Gasteiger partial charge on any atom is 0.239 e. The van der Waals surface area contributed by atoms with Crippen LogP contribution in [0, 0.1) is 0 Å². The molecule has 2 aliphatic heterocycles. The molecule has 1 atom stereocenters. The molecule has 6 nitrogen and oxygen atoms in total. The van der Waals surface area contributed by atoms with Gasteiger partial charge in [-0.2, -0.15) is 0 Å². The van der Waals surface area contributed by atoms with Crippen molar-refractivity contribution in [2.75, 3.05) is 52.4 Å². The number of carbonyl (C=O) groups is 1. The van der Waals surface area contributed by atoms with Crippen molar-refractivity contribution in [3.05, 3.63) is 34.9 Å². The number of carbonyl (C=O) groups excluding carboxylic acids is 1. The van der Waals surface area contributed by atoms with E-state index in [1.54, 1.807) is 0 Å². The second-order valence-corrected chi connectivity index (χ2v) is 8.28. The first kappa shape index (κ1) is 21.9. The summed E-state index contributed by atoms with van der Waals surface area (Å²) < 4.78 is 0. The fraction of sp³-hybridized carbons (Fsp3) is 0.636. The molecule has 1 unspecified atom stereocenters. The maximum atomic E-state index is 12.7. The predicted molar refractivity (Wildman–Crippen MR) is 120 cm³/mol. The predicted octanol–water partition coefficient (Wildman–Crippen LogP) is 2.48. The zero-order chi connectivity index (χ0) is 20.6. The van der Waals surface area contributed by atoms with E-state index < -0.39 is 0 Å². The Morgan fingerprint density at radius 3 is 2.52 bits per heavy atom. The van der Waals surface area contributed by atoms with Crippen molar-refractivity contribution in [2.24, 2.45) is 4.99 Å². The summed E-state index contributed by atoms with van der Waals surface area (Å²) in [5.74, 6) is 1.26. The molecule has 2 heterocycles. The van der Waals surface area contributed by atoms with Crippen molar-refractivity contribution in [3.8, 4) is 0 Å². The van der Waals surface area contributed by atoms with Crippen LogP contribution in [0.2, 0.25) is 5.02 Å². The lowest BCUT2D eigenvalue weighted by molar-refractivity contribution is -0.135. The summed E-state index contributed by atoms with van der Waals surface area (Å²) in [4.78, 5) is 24.2. The summed E-state index contributed by atoms with van der Waals surface area (Å²) in [6.45, 7) is 11.1. The largest absolute Gasteiger partial charge is 0.357 e. The van der Waals surface area contributed by atoms with Gasteiger partial charge in [0.1, 0.15) is 0 Å². The number of rotatable bonds is 6. The van der Waals surface area contributed by atoms with Gasteiger partial charge >= 0.3 is 0 Å². The molecule has 0 saturated carbocycles. The Labute approximate surface area is 179 Å². The number of aliphatic imine (C=N–C) groups is 1. The summed E-state index contributed by atoms with van der Waals surface area (Å²) in [5, 5.41) is 4.19. The first-order chi connectivity index (χ1) is 14.1. The van der Waals surface area contributed by atoms with Gasteiger partial charge in [0.25, 0.3) is 0 Å². The second-order valence-electron chi connectivity index (χ2n) is 7.85. The van der Waals surface area contributed by atoms with Gasteiger partial charge in [-0.3, -0.25) is 14.7 Å². The normalized spacial score (nSPS) is 19.5. The average Bonchev–Trinajstić information content (AvgIpc) is 3.27. The van der Waals surface area contributed by atoms with Gasteiger partial charge in [-0.05, 0) is 50.8 Å². The smallest absolute Gasteiger partial charge is 0.239 e. The van der Waals surface area contributed by atoms with Gasteiger partial charge in [-0.1, -0.05) is 23.7 Å². The Morgan fingerprint density at radius 1 is 1.14 bits per heavy atom. The monoisotopic (exact) mass is 419 g/mol. The highest BCUT2D eigenvalue weighted by Crippen LogP contribution is 2.14. The Balaban J connectivity index is 1.51. The number of halogens is 1. The number of nitrogens with zero attached hydrogens (tertiary/aromatic N) is 4. The molecule has 0 aromatic heterocycles. The molecular formula is C22H34ClN5O. The summed E-state index contributed by atoms with van der Waals surface area (Å²) >= 11 is 6.07. The molecule has 7 heteroatoms. The van der Waals surface area contributed by atoms with Crippen LogP contribution in [-0.4, -0.2) is 85.0 Å². The average molecular weight is 420 g/mol. The Bertz CT molecular complexity index is 696. The van der Waals surface area contributed by atoms with E-state index in [0.29, 0.717) is 0 Å². The lowest BCUT2D eigenvalue weighted by atomic mass is 10.1. The van der Waals surface area contributed by atoms with Crippen LogP contribution in [0.25, 0.3) is 0 Å². The summed E-state index contributed by atoms with van der Waals surface area (Å²) in [5.41, 5.74) is 1.20. The van der Waals surface area contributed by atoms with E-state index in [-0.39, 0.29) is 11.9 Å². The molecule has 0 radical (unpaired) electrons. The van der Waals surface area contributed by atoms with E-state index in [1.807, 2.05) is 23.1 Å². The topological polar surface area (TPSA) is 51.2 Å². The molecule has 2 saturated heterocycles. The molecule has 1 aromatic rings. The third-order valence-electron chi connectivity index (χ3n) is 5.82. The first-order valence-electron chi connectivity index (χ1n) is 10.9. The fourth-order valence-electron chi connectivity index (χ4n) is 4.09. The van der Waals surface area contributed by atoms with Crippen LogP contribution in [0.4, 0.5) is 0 Å². The van der Waals surface area contributed by atoms with E-state index in [0.717, 1.165) is 82.6 Å². The highest BCUT2D eigenvalue weighted by atomic mass is 35.5. The van der Waals surface area contributed by atoms with Crippen LogP contribution < -0.4 is 5.32 Å². The van der Waals surface area contributed by atoms with E-state index >= 15 is 0 Å². The van der Waals surface area contributed by atoms with Crippen LogP contribution in [0.1, 0.15) is 32.3 Å². The number of guanidine groups is 1. The summed E-state index contributed by atoms with van der Waals surface area (Å²) in [6, 6.07) is 7.94. The van der Waals surface area contributed by atoms with Crippen LogP contribution in [0.5, 0.6) is 0 Å². The van der Waals surface area contributed by atoms with Crippen molar-refractivity contribution in [1.82, 2.24) is 20.0 Å². The van der Waals surface area contributed by atoms with Crippen molar-refractivity contribution in [1.29, 1.82) is 0 Å². The minimum absolute atomic E-state index is 0.0300. The summed E-state index contributed by atoms with van der Waals surface area (Å²) in [7, 11) is 0. The number of likely N-dealkylation sites (tertiary alicyclic amines) is 1. The van der Waals surface area contributed by atoms with Gasteiger partial charge in [0.2, 0.25) is 5.91 Å². The van der Waals surface area contributed by atoms with Gasteiger partial charge in [0, 0.05) is 57.4 Å². The number of hydrogen-bond donors (Lipinski definition) is 1. The van der Waals surface area contributed by atoms with E-state index in [9.17, 15) is 4.79 Å². The number of benzene rings is 1. The number of amides is 1. The minimum atomic E-state index is -0.0300. The Hall–Kier alpha value is -1.79. The molecule has 0 aliphatic carbocycles. The van der Waals surface area contributed by atoms with Crippen molar-refractivity contribution >= 4 is 23.5 Å². The first-order valence-corrected chi connectivity index (χ1v) is 11.3. The second kappa shape index (κ2) is 10.8. The Kier molecular flexibility index (Phi) is 8.19. The van der Waals surface area contributed by atoms with Gasteiger partial charge in [-0.25, -0.2) is 0 Å². The molecule has 3 rings (SSSR count). The number of nitrogens with one attached hydrogen (secondary N) is 1. The molecule has 160 valence electrons. The molecule has 2 aliphatic rings. The standard InChI is InChI=1S/C22H34ClN5O/c1-3-24-22(25-10-9-19-7-6-8-20(23)17-19)28-15-13-26(14-16-28)18(2)21(29)27-11-4-5-12-27/h6-8,17-18H,3-5,9-16H2,1-2H3,(H,24,25). The zero-order valence-corrected chi connectivity index (χ0v) is 18.5. The van der Waals surface area contributed by atoms with Crippen LogP contribution in [-0.2, 0) is 11.2 Å². The van der Waals surface area contributed by atoms with Crippen LogP contribution in [0.3, 0.4) is 0 Å². The van der Waals surface area contributed by atoms with Gasteiger partial charge < -0.3 is 15.1 Å². The molecule has 2 fully saturated rings. The third kappa shape index (κ3) is 6.09. The van der Waals surface area contributed by atoms with E-state index in [2.05, 4.69) is 35.0 Å². The SMILES string of the molecule is CCNC(=NCCc1cccc(Cl)c1)N1CCN(C(C)C(=O)N2CCCC2)CC1. The van der Waals surface area contributed by atoms with Gasteiger partial charge in [-0.15, -0.1) is 0 Å². The third-order valence-corrected chi connectivity index (χ3v) is 6.06. The molecule has 0 spiro atoms. The molecule has 1 N–H and O–H groups in total. The van der Waals surface area contributed by atoms with Crippen LogP contribution in [0.15, 0.2) is 29.3 Å². The molecule has 29 heavy (non-hydrogen) atoms. The zero-order valence-electron chi connectivity index (χ0n) is 17.7. The lowest BCUT2D eigenvalue weighted by Crippen LogP contribution is -2.57. The molecule has 1 aromatic carbocycles. The van der Waals surface area contributed by atoms with Crippen molar-refractivity contribution in [3.63, 3.8) is 0 Å². The summed E-state index contributed by atoms with van der Waals surface area (Å²) in [6.07, 6.45) is 3.16. The lowest BCUT2D eigenvalue weighted by Gasteiger charge is -2.39. The maximum absolute atomic E-state index is 12.7. The number of hydrogen-bond acceptors (Lipinski definition) is 3. The van der Waals surface area contributed by atoms with E-state index in [1.165, 1.54) is 5.56 Å². The van der Waals surface area contributed by atoms with E-state index in [4.69, 9.17) is 16.6 Å². The van der Waals surface area contributed by atoms with Crippen molar-refractivity contribution in [2.45, 2.75) is 39.2 Å². The van der Waals surface area contributed by atoms with Crippen LogP contribution >= 0.6 is 11.6 Å². The highest BCUT2D eigenvalue weighted by Gasteiger charge is 2.30. The van der Waals surface area contributed by atoms with Gasteiger partial charge in [0.05, 0.1) is 6.04 Å². The minimum Gasteiger partial charge on any atom is -0.357 e. The Morgan fingerprint density at radius 2 is 1.86 bits per heavy atom. The molecular weight excluding hydrogens is 386 g/mol. The quantitative estimate of drug-likeness (QED) is 0.568. The van der Waals surface area contributed by atoms with Gasteiger partial charge in [0.15, 0.2) is 5.96 Å². The molecule has 1 amide bonds. The van der Waals surface area contributed by atoms with Crippen molar-refractivity contribution < 1.29 is 4.79 Å². The highest BCUT2D eigenvalue weighted by molar-refractivity contribution is 6.30. The number of piperazine rings is 1. The molecule has 0 bridgehead atoms. The fourth-order valence-corrected chi connectivity index (χ4v) is 4.30.